The van der Waals surface area contributed by atoms with Crippen molar-refractivity contribution in [1.29, 1.82) is 0 Å². The summed E-state index contributed by atoms with van der Waals surface area (Å²) in [5.41, 5.74) is 0.366. The Morgan fingerprint density at radius 1 is 1.20 bits per heavy atom. The van der Waals surface area contributed by atoms with Crippen molar-refractivity contribution in [1.82, 2.24) is 0 Å². The fraction of sp³-hybridized carbons (Fsp3) is 0.955. The Labute approximate surface area is 151 Å². The Kier molecular flexibility index (Phi) is 3.56. The van der Waals surface area contributed by atoms with E-state index in [1.54, 1.807) is 0 Å². The lowest BCUT2D eigenvalue weighted by Gasteiger charge is -2.56. The summed E-state index contributed by atoms with van der Waals surface area (Å²) in [6.07, 6.45) is 8.35. The highest BCUT2D eigenvalue weighted by Crippen LogP contribution is 2.69. The molecule has 1 spiro atoms. The molecular formula is C22H34O3. The van der Waals surface area contributed by atoms with E-state index in [0.717, 1.165) is 30.6 Å². The second-order valence-electron chi connectivity index (χ2n) is 10.5. The van der Waals surface area contributed by atoms with E-state index < -0.39 is 0 Å². The number of carbonyl (C=O) groups is 1. The zero-order valence-corrected chi connectivity index (χ0v) is 16.0. The van der Waals surface area contributed by atoms with Crippen molar-refractivity contribution in [3.8, 4) is 0 Å². The van der Waals surface area contributed by atoms with Crippen LogP contribution in [0.1, 0.15) is 65.7 Å². The Hall–Kier alpha value is -0.410. The number of epoxide rings is 1. The molecule has 1 heterocycles. The second kappa shape index (κ2) is 5.32. The molecule has 25 heavy (non-hydrogen) atoms. The van der Waals surface area contributed by atoms with Crippen LogP contribution in [0, 0.1) is 46.8 Å². The molecule has 0 radical (unpaired) electrons. The SMILES string of the molecule is C[C@@H]1CC(=O)C2OC23CCC2C(CC[C@@]4(C)C2CC[C@@H]4[C@H](C)CO)C13. The Bertz CT molecular complexity index is 588. The highest BCUT2D eigenvalue weighted by molar-refractivity contribution is 5.88. The van der Waals surface area contributed by atoms with Gasteiger partial charge in [-0.2, -0.15) is 0 Å². The number of aliphatic hydroxyl groups excluding tert-OH is 1. The van der Waals surface area contributed by atoms with E-state index >= 15 is 0 Å². The highest BCUT2D eigenvalue weighted by Gasteiger charge is 2.72. The quantitative estimate of drug-likeness (QED) is 0.773. The van der Waals surface area contributed by atoms with Crippen molar-refractivity contribution < 1.29 is 14.6 Å². The van der Waals surface area contributed by atoms with Gasteiger partial charge in [0.05, 0.1) is 0 Å². The van der Waals surface area contributed by atoms with Crippen LogP contribution in [0.2, 0.25) is 0 Å². The van der Waals surface area contributed by atoms with E-state index in [2.05, 4.69) is 20.8 Å². The molecule has 1 N–H and O–H groups in total. The van der Waals surface area contributed by atoms with Gasteiger partial charge in [-0.15, -0.1) is 0 Å². The summed E-state index contributed by atoms with van der Waals surface area (Å²) in [5, 5.41) is 9.74. The van der Waals surface area contributed by atoms with Gasteiger partial charge < -0.3 is 9.84 Å². The number of rotatable bonds is 2. The molecule has 10 atom stereocenters. The summed E-state index contributed by atoms with van der Waals surface area (Å²) in [6.45, 7) is 7.43. The number of fused-ring (bicyclic) bond motifs is 4. The van der Waals surface area contributed by atoms with Crippen molar-refractivity contribution in [3.05, 3.63) is 0 Å². The van der Waals surface area contributed by atoms with Crippen LogP contribution in [0.3, 0.4) is 0 Å². The molecule has 1 saturated heterocycles. The van der Waals surface area contributed by atoms with Crippen LogP contribution in [0.15, 0.2) is 0 Å². The molecular weight excluding hydrogens is 312 g/mol. The molecule has 3 heteroatoms. The molecule has 0 aromatic heterocycles. The second-order valence-corrected chi connectivity index (χ2v) is 10.5. The van der Waals surface area contributed by atoms with Crippen LogP contribution in [0.5, 0.6) is 0 Å². The molecule has 4 aliphatic carbocycles. The molecule has 4 saturated carbocycles. The lowest BCUT2D eigenvalue weighted by Crippen LogP contribution is -2.55. The van der Waals surface area contributed by atoms with E-state index in [-0.39, 0.29) is 11.7 Å². The number of aliphatic hydroxyl groups is 1. The zero-order valence-electron chi connectivity index (χ0n) is 16.0. The van der Waals surface area contributed by atoms with Gasteiger partial charge in [-0.3, -0.25) is 4.79 Å². The minimum Gasteiger partial charge on any atom is -0.396 e. The van der Waals surface area contributed by atoms with E-state index in [9.17, 15) is 9.90 Å². The van der Waals surface area contributed by atoms with E-state index in [1.807, 2.05) is 0 Å². The van der Waals surface area contributed by atoms with Crippen LogP contribution >= 0.6 is 0 Å². The maximum atomic E-state index is 12.3. The zero-order chi connectivity index (χ0) is 17.6. The lowest BCUT2D eigenvalue weighted by atomic mass is 9.47. The van der Waals surface area contributed by atoms with Gasteiger partial charge in [-0.25, -0.2) is 0 Å². The van der Waals surface area contributed by atoms with Gasteiger partial charge in [-0.1, -0.05) is 20.8 Å². The van der Waals surface area contributed by atoms with Gasteiger partial charge in [0.25, 0.3) is 0 Å². The van der Waals surface area contributed by atoms with E-state index in [1.165, 1.54) is 32.1 Å². The fourth-order valence-corrected chi connectivity index (χ4v) is 8.62. The third-order valence-electron chi connectivity index (χ3n) is 9.59. The largest absolute Gasteiger partial charge is 0.396 e. The molecule has 3 nitrogen and oxygen atoms in total. The molecule has 1 aliphatic heterocycles. The predicted octanol–water partition coefficient (Wildman–Crippen LogP) is 3.83. The van der Waals surface area contributed by atoms with Gasteiger partial charge >= 0.3 is 0 Å². The monoisotopic (exact) mass is 346 g/mol. The molecule has 6 unspecified atom stereocenters. The Balaban J connectivity index is 1.43. The minimum absolute atomic E-state index is 0.0475. The van der Waals surface area contributed by atoms with E-state index in [0.29, 0.717) is 41.5 Å². The first-order valence-corrected chi connectivity index (χ1v) is 10.7. The number of hydrogen-bond acceptors (Lipinski definition) is 3. The van der Waals surface area contributed by atoms with Gasteiger partial charge in [0.1, 0.15) is 11.7 Å². The number of ketones is 1. The van der Waals surface area contributed by atoms with E-state index in [4.69, 9.17) is 4.74 Å². The molecule has 0 aromatic carbocycles. The van der Waals surface area contributed by atoms with Gasteiger partial charge in [0.15, 0.2) is 5.78 Å². The topological polar surface area (TPSA) is 49.8 Å². The third kappa shape index (κ3) is 2.03. The summed E-state index contributed by atoms with van der Waals surface area (Å²) >= 11 is 0. The first kappa shape index (κ1) is 16.7. The van der Waals surface area contributed by atoms with Crippen LogP contribution in [-0.2, 0) is 9.53 Å². The van der Waals surface area contributed by atoms with Crippen LogP contribution in [0.25, 0.3) is 0 Å². The van der Waals surface area contributed by atoms with Gasteiger partial charge in [0.2, 0.25) is 0 Å². The van der Waals surface area contributed by atoms with Crippen molar-refractivity contribution in [2.45, 2.75) is 77.4 Å². The summed E-state index contributed by atoms with van der Waals surface area (Å²) < 4.78 is 6.13. The third-order valence-corrected chi connectivity index (χ3v) is 9.59. The smallest absolute Gasteiger partial charge is 0.164 e. The summed E-state index contributed by atoms with van der Waals surface area (Å²) in [5.74, 6) is 5.03. The maximum Gasteiger partial charge on any atom is 0.164 e. The molecule has 5 fully saturated rings. The highest BCUT2D eigenvalue weighted by atomic mass is 16.6. The normalized spacial score (nSPS) is 57.9. The van der Waals surface area contributed by atoms with Crippen LogP contribution < -0.4 is 0 Å². The molecule has 5 aliphatic rings. The average Bonchev–Trinajstić information content (AvgIpc) is 3.20. The number of ether oxygens (including phenoxy) is 1. The number of carbonyl (C=O) groups excluding carboxylic acids is 1. The van der Waals surface area contributed by atoms with Crippen molar-refractivity contribution in [3.63, 3.8) is 0 Å². The van der Waals surface area contributed by atoms with Gasteiger partial charge in [0, 0.05) is 13.0 Å². The van der Waals surface area contributed by atoms with Crippen molar-refractivity contribution >= 4 is 5.78 Å². The predicted molar refractivity (Wildman–Crippen MR) is 95.9 cm³/mol. The minimum atomic E-state index is -0.0555. The summed E-state index contributed by atoms with van der Waals surface area (Å²) in [7, 11) is 0. The average molecular weight is 347 g/mol. The number of hydrogen-bond donors (Lipinski definition) is 1. The summed E-state index contributed by atoms with van der Waals surface area (Å²) in [6, 6.07) is 0. The molecule has 5 rings (SSSR count). The lowest BCUT2D eigenvalue weighted by molar-refractivity contribution is -0.126. The summed E-state index contributed by atoms with van der Waals surface area (Å²) in [4.78, 5) is 12.3. The standard InChI is InChI=1S/C22H34O3/c1-12-10-18(24)20-22(25-20)9-7-14-15(19(12)22)6-8-21(3)16(13(2)11-23)4-5-17(14)21/h12-17,19-20,23H,4-11H2,1-3H3/t12-,13-,14?,15?,16-,17?,19?,20?,21-,22?/m1/s1. The molecule has 0 bridgehead atoms. The van der Waals surface area contributed by atoms with Crippen molar-refractivity contribution in [2.24, 2.45) is 46.8 Å². The maximum absolute atomic E-state index is 12.3. The first-order chi connectivity index (χ1) is 11.9. The van der Waals surface area contributed by atoms with Crippen LogP contribution in [-0.4, -0.2) is 29.2 Å². The number of Topliss-reactive ketones (excluding diaryl/α,β-unsaturated/α-hetero) is 1. The molecule has 0 amide bonds. The molecule has 0 aromatic rings. The Morgan fingerprint density at radius 3 is 2.72 bits per heavy atom. The first-order valence-electron chi connectivity index (χ1n) is 10.7. The van der Waals surface area contributed by atoms with Gasteiger partial charge in [-0.05, 0) is 85.4 Å². The fourth-order valence-electron chi connectivity index (χ4n) is 8.62. The Morgan fingerprint density at radius 2 is 1.96 bits per heavy atom. The van der Waals surface area contributed by atoms with Crippen LogP contribution in [0.4, 0.5) is 0 Å². The molecule has 140 valence electrons. The van der Waals surface area contributed by atoms with Crippen molar-refractivity contribution in [2.75, 3.05) is 6.61 Å².